The van der Waals surface area contributed by atoms with Gasteiger partial charge in [0.15, 0.2) is 0 Å². The minimum atomic E-state index is -3.84. The molecule has 0 saturated carbocycles. The average molecular weight is 341 g/mol. The monoisotopic (exact) mass is 340 g/mol. The fourth-order valence-corrected chi connectivity index (χ4v) is 3.74. The van der Waals surface area contributed by atoms with Crippen LogP contribution in [0.1, 0.15) is 11.1 Å². The van der Waals surface area contributed by atoms with Crippen LogP contribution in [0.2, 0.25) is 0 Å². The Morgan fingerprint density at radius 3 is 2.11 bits per heavy atom. The van der Waals surface area contributed by atoms with Gasteiger partial charge in [-0.1, -0.05) is 30.3 Å². The summed E-state index contributed by atoms with van der Waals surface area (Å²) in [6.45, 7) is 3.63. The first-order valence-electron chi connectivity index (χ1n) is 5.67. The van der Waals surface area contributed by atoms with Crippen molar-refractivity contribution in [3.8, 4) is 5.75 Å². The molecule has 0 radical (unpaired) electrons. The normalized spacial score (nSPS) is 11.3. The lowest BCUT2D eigenvalue weighted by Crippen LogP contribution is -2.11. The van der Waals surface area contributed by atoms with E-state index in [0.717, 1.165) is 11.1 Å². The molecule has 0 saturated heterocycles. The first-order valence-corrected chi connectivity index (χ1v) is 7.87. The maximum Gasteiger partial charge on any atom is 0.340 e. The average Bonchev–Trinajstić information content (AvgIpc) is 2.34. The second-order valence-corrected chi connectivity index (χ2v) is 6.56. The molecular formula is C14H13BrO3S. The molecule has 0 aliphatic rings. The van der Waals surface area contributed by atoms with Gasteiger partial charge in [-0.25, -0.2) is 0 Å². The molecule has 0 aliphatic carbocycles. The number of aryl methyl sites for hydroxylation is 2. The van der Waals surface area contributed by atoms with Gasteiger partial charge < -0.3 is 4.18 Å². The summed E-state index contributed by atoms with van der Waals surface area (Å²) in [6, 6.07) is 12.1. The molecule has 100 valence electrons. The minimum Gasteiger partial charge on any atom is -0.378 e. The Bertz CT molecular complexity index is 688. The van der Waals surface area contributed by atoms with Gasteiger partial charge in [-0.3, -0.25) is 0 Å². The van der Waals surface area contributed by atoms with Gasteiger partial charge >= 0.3 is 10.1 Å². The molecule has 5 heteroatoms. The fourth-order valence-electron chi connectivity index (χ4n) is 1.73. The Morgan fingerprint density at radius 2 is 1.53 bits per heavy atom. The van der Waals surface area contributed by atoms with Gasteiger partial charge in [0.2, 0.25) is 0 Å². The molecule has 0 heterocycles. The third-order valence-corrected chi connectivity index (χ3v) is 4.94. The molecule has 3 nitrogen and oxygen atoms in total. The van der Waals surface area contributed by atoms with Crippen molar-refractivity contribution in [3.63, 3.8) is 0 Å². The molecule has 0 amide bonds. The Hall–Kier alpha value is -1.33. The van der Waals surface area contributed by atoms with E-state index in [1.165, 1.54) is 6.07 Å². The summed E-state index contributed by atoms with van der Waals surface area (Å²) in [6.07, 6.45) is 0. The summed E-state index contributed by atoms with van der Waals surface area (Å²) in [5, 5.41) is 0. The molecule has 0 aliphatic heterocycles. The van der Waals surface area contributed by atoms with Gasteiger partial charge in [-0.05, 0) is 53.0 Å². The first kappa shape index (κ1) is 14.1. The maximum atomic E-state index is 12.3. The standard InChI is InChI=1S/C14H13BrO3S/c1-10-6-5-7-11(2)14(10)18-19(16,17)13-9-4-3-8-12(13)15/h3-9H,1-2H3. The Balaban J connectivity index is 2.46. The second kappa shape index (κ2) is 5.35. The van der Waals surface area contributed by atoms with E-state index in [2.05, 4.69) is 15.9 Å². The van der Waals surface area contributed by atoms with Crippen molar-refractivity contribution in [2.24, 2.45) is 0 Å². The summed E-state index contributed by atoms with van der Waals surface area (Å²) >= 11 is 3.22. The highest BCUT2D eigenvalue weighted by Crippen LogP contribution is 2.29. The Kier molecular flexibility index (Phi) is 3.96. The molecule has 2 aromatic carbocycles. The molecule has 0 spiro atoms. The molecule has 19 heavy (non-hydrogen) atoms. The van der Waals surface area contributed by atoms with Gasteiger partial charge in [-0.2, -0.15) is 8.42 Å². The lowest BCUT2D eigenvalue weighted by atomic mass is 10.1. The van der Waals surface area contributed by atoms with Crippen LogP contribution in [-0.4, -0.2) is 8.42 Å². The van der Waals surface area contributed by atoms with E-state index in [9.17, 15) is 8.42 Å². The second-order valence-electron chi connectivity index (χ2n) is 4.19. The van der Waals surface area contributed by atoms with Crippen LogP contribution in [0.5, 0.6) is 5.75 Å². The predicted molar refractivity (Wildman–Crippen MR) is 77.9 cm³/mol. The highest BCUT2D eigenvalue weighted by Gasteiger charge is 2.21. The van der Waals surface area contributed by atoms with Gasteiger partial charge in [0.1, 0.15) is 10.6 Å². The summed E-state index contributed by atoms with van der Waals surface area (Å²) in [5.41, 5.74) is 1.58. The zero-order valence-electron chi connectivity index (χ0n) is 10.6. The molecule has 0 N–H and O–H groups in total. The van der Waals surface area contributed by atoms with Crippen molar-refractivity contribution >= 4 is 26.0 Å². The Morgan fingerprint density at radius 1 is 0.947 bits per heavy atom. The third-order valence-electron chi connectivity index (χ3n) is 2.71. The number of hydrogen-bond donors (Lipinski definition) is 0. The highest BCUT2D eigenvalue weighted by atomic mass is 79.9. The van der Waals surface area contributed by atoms with Crippen LogP contribution < -0.4 is 4.18 Å². The molecule has 0 atom stereocenters. The topological polar surface area (TPSA) is 43.4 Å². The summed E-state index contributed by atoms with van der Waals surface area (Å²) in [4.78, 5) is 0.123. The van der Waals surface area contributed by atoms with Crippen LogP contribution in [0.15, 0.2) is 51.8 Å². The van der Waals surface area contributed by atoms with Crippen molar-refractivity contribution in [3.05, 3.63) is 58.1 Å². The van der Waals surface area contributed by atoms with Gasteiger partial charge in [-0.15, -0.1) is 0 Å². The lowest BCUT2D eigenvalue weighted by molar-refractivity contribution is 0.481. The van der Waals surface area contributed by atoms with Crippen molar-refractivity contribution in [2.75, 3.05) is 0 Å². The Labute approximate surface area is 121 Å². The van der Waals surface area contributed by atoms with E-state index in [4.69, 9.17) is 4.18 Å². The van der Waals surface area contributed by atoms with E-state index in [1.807, 2.05) is 32.0 Å². The van der Waals surface area contributed by atoms with Crippen molar-refractivity contribution in [1.29, 1.82) is 0 Å². The summed E-state index contributed by atoms with van der Waals surface area (Å²) in [5.74, 6) is 0.387. The SMILES string of the molecule is Cc1cccc(C)c1OS(=O)(=O)c1ccccc1Br. The number of benzene rings is 2. The van der Waals surface area contributed by atoms with Gasteiger partial charge in [0, 0.05) is 4.47 Å². The van der Waals surface area contributed by atoms with Crippen LogP contribution >= 0.6 is 15.9 Å². The van der Waals surface area contributed by atoms with E-state index < -0.39 is 10.1 Å². The van der Waals surface area contributed by atoms with E-state index >= 15 is 0 Å². The van der Waals surface area contributed by atoms with Crippen LogP contribution in [0.3, 0.4) is 0 Å². The number of hydrogen-bond acceptors (Lipinski definition) is 3. The summed E-state index contributed by atoms with van der Waals surface area (Å²) in [7, 11) is -3.84. The third kappa shape index (κ3) is 2.98. The molecule has 0 fully saturated rings. The number of rotatable bonds is 3. The number of para-hydroxylation sites is 1. The molecule has 0 aromatic heterocycles. The highest BCUT2D eigenvalue weighted by molar-refractivity contribution is 9.10. The fraction of sp³-hybridized carbons (Fsp3) is 0.143. The van der Waals surface area contributed by atoms with Crippen LogP contribution in [0.4, 0.5) is 0 Å². The molecule has 2 rings (SSSR count). The van der Waals surface area contributed by atoms with Crippen LogP contribution in [0.25, 0.3) is 0 Å². The van der Waals surface area contributed by atoms with E-state index in [1.54, 1.807) is 18.2 Å². The summed E-state index contributed by atoms with van der Waals surface area (Å²) < 4.78 is 30.3. The maximum absolute atomic E-state index is 12.3. The molecular weight excluding hydrogens is 328 g/mol. The largest absolute Gasteiger partial charge is 0.378 e. The molecule has 0 unspecified atom stereocenters. The predicted octanol–water partition coefficient (Wildman–Crippen LogP) is 3.83. The van der Waals surface area contributed by atoms with Gasteiger partial charge in [0.05, 0.1) is 0 Å². The van der Waals surface area contributed by atoms with Crippen molar-refractivity contribution < 1.29 is 12.6 Å². The van der Waals surface area contributed by atoms with E-state index in [0.29, 0.717) is 10.2 Å². The molecule has 0 bridgehead atoms. The van der Waals surface area contributed by atoms with Gasteiger partial charge in [0.25, 0.3) is 0 Å². The minimum absolute atomic E-state index is 0.123. The first-order chi connectivity index (χ1) is 8.92. The van der Waals surface area contributed by atoms with Crippen LogP contribution in [0, 0.1) is 13.8 Å². The molecule has 2 aromatic rings. The number of halogens is 1. The zero-order chi connectivity index (χ0) is 14.0. The van der Waals surface area contributed by atoms with E-state index in [-0.39, 0.29) is 4.90 Å². The quantitative estimate of drug-likeness (QED) is 0.797. The van der Waals surface area contributed by atoms with Crippen molar-refractivity contribution in [2.45, 2.75) is 18.7 Å². The van der Waals surface area contributed by atoms with Crippen LogP contribution in [-0.2, 0) is 10.1 Å². The van der Waals surface area contributed by atoms with Crippen molar-refractivity contribution in [1.82, 2.24) is 0 Å². The zero-order valence-corrected chi connectivity index (χ0v) is 13.0. The smallest absolute Gasteiger partial charge is 0.340 e. The lowest BCUT2D eigenvalue weighted by Gasteiger charge is -2.12.